The van der Waals surface area contributed by atoms with E-state index in [2.05, 4.69) is 61.0 Å². The first-order valence-corrected chi connectivity index (χ1v) is 31.5. The van der Waals surface area contributed by atoms with Crippen LogP contribution in [0.5, 0.6) is 0 Å². The Bertz CT molecular complexity index is 3000. The summed E-state index contributed by atoms with van der Waals surface area (Å²) in [4.78, 5) is 95.5. The van der Waals surface area contributed by atoms with Crippen LogP contribution in [-0.2, 0) is 81.1 Å². The lowest BCUT2D eigenvalue weighted by Crippen LogP contribution is -2.58. The van der Waals surface area contributed by atoms with Crippen molar-refractivity contribution >= 4 is 106 Å². The lowest BCUT2D eigenvalue weighted by Gasteiger charge is -2.35. The molecule has 24 nitrogen and oxygen atoms in total. The number of benzene rings is 2. The summed E-state index contributed by atoms with van der Waals surface area (Å²) in [6.07, 6.45) is 2.62. The maximum Gasteiger partial charge on any atom is 0.408 e. The van der Waals surface area contributed by atoms with Gasteiger partial charge in [-0.25, -0.2) is 14.4 Å². The average Bonchev–Trinajstić information content (AvgIpc) is 1.84. The van der Waals surface area contributed by atoms with Crippen LogP contribution in [0.2, 0.25) is 0 Å². The number of carbonyl (C=O) groups excluding carboxylic acids is 7. The van der Waals surface area contributed by atoms with E-state index in [-0.39, 0.29) is 78.2 Å². The molecule has 6 aliphatic rings. The molecule has 4 saturated heterocycles. The molecule has 5 amide bonds. The molecule has 0 spiro atoms. The highest BCUT2D eigenvalue weighted by atomic mass is 79.9. The molecule has 0 radical (unpaired) electrons. The number of esters is 2. The van der Waals surface area contributed by atoms with Crippen LogP contribution in [0.25, 0.3) is 0 Å². The van der Waals surface area contributed by atoms with Gasteiger partial charge in [0.1, 0.15) is 34.8 Å². The molecule has 10 atom stereocenters. The van der Waals surface area contributed by atoms with Crippen molar-refractivity contribution in [3.63, 3.8) is 0 Å². The number of alkyl carbamates (subject to hydrolysis) is 1. The topological polar surface area (TPSA) is 321 Å². The molecule has 0 unspecified atom stereocenters. The van der Waals surface area contributed by atoms with Crippen molar-refractivity contribution in [3.8, 4) is 0 Å². The van der Waals surface area contributed by atoms with Gasteiger partial charge in [0, 0.05) is 73.1 Å². The number of rotatable bonds is 19. The van der Waals surface area contributed by atoms with Gasteiger partial charge in [0.25, 0.3) is 20.2 Å². The fraction of sp³-hybridized carbons (Fsp3) is 0.582. The first kappa shape index (κ1) is 68.1. The Morgan fingerprint density at radius 3 is 1.40 bits per heavy atom. The number of nitrogens with two attached hydrogens (primary N) is 1. The van der Waals surface area contributed by atoms with Crippen molar-refractivity contribution in [1.82, 2.24) is 25.8 Å². The third-order valence-corrected chi connectivity index (χ3v) is 19.4. The molecule has 4 aliphatic heterocycles. The number of hydrogen-bond donors (Lipinski definition) is 4. The molecule has 2 aromatic carbocycles. The van der Waals surface area contributed by atoms with Crippen LogP contribution < -0.4 is 21.7 Å². The summed E-state index contributed by atoms with van der Waals surface area (Å²) in [5, 5.41) is 8.16. The van der Waals surface area contributed by atoms with Crippen molar-refractivity contribution in [1.29, 1.82) is 0 Å². The lowest BCUT2D eigenvalue weighted by molar-refractivity contribution is -0.148. The Kier molecular flexibility index (Phi) is 22.9. The average molecular weight is 1370 g/mol. The van der Waals surface area contributed by atoms with Crippen molar-refractivity contribution in [2.24, 2.45) is 29.4 Å². The Morgan fingerprint density at radius 2 is 1.05 bits per heavy atom. The van der Waals surface area contributed by atoms with Crippen molar-refractivity contribution in [2.45, 2.75) is 135 Å². The molecule has 2 aromatic rings. The largest absolute Gasteiger partial charge is 0.467 e. The predicted octanol–water partition coefficient (Wildman–Crippen LogP) is 4.21. The number of carbonyl (C=O) groups is 7. The van der Waals surface area contributed by atoms with E-state index < -0.39 is 115 Å². The summed E-state index contributed by atoms with van der Waals surface area (Å²) in [6, 6.07) is 7.46. The summed E-state index contributed by atoms with van der Waals surface area (Å²) in [6.45, 7) is 13.8. The molecule has 0 bridgehead atoms. The van der Waals surface area contributed by atoms with E-state index in [4.69, 9.17) is 37.8 Å². The first-order chi connectivity index (χ1) is 39.1. The van der Waals surface area contributed by atoms with Crippen LogP contribution in [0.4, 0.5) is 4.79 Å². The smallest absolute Gasteiger partial charge is 0.408 e. The van der Waals surface area contributed by atoms with Crippen LogP contribution >= 0.6 is 44.3 Å². The van der Waals surface area contributed by atoms with Crippen molar-refractivity contribution in [2.75, 3.05) is 53.7 Å². The number of nitrogens with zero attached hydrogens (tertiary/aromatic N) is 2. The number of amides is 5. The molecule has 5 N–H and O–H groups in total. The van der Waals surface area contributed by atoms with Gasteiger partial charge in [-0.05, 0) is 120 Å². The highest BCUT2D eigenvalue weighted by Crippen LogP contribution is 2.47. The Labute approximate surface area is 512 Å². The Hall–Kier alpha value is -5.04. The van der Waals surface area contributed by atoms with Gasteiger partial charge in [0.2, 0.25) is 23.6 Å². The lowest BCUT2D eigenvalue weighted by atomic mass is 9.90. The van der Waals surface area contributed by atoms with E-state index in [1.807, 2.05) is 0 Å². The molecule has 2 aliphatic carbocycles. The van der Waals surface area contributed by atoms with E-state index in [1.165, 1.54) is 54.4 Å². The number of ether oxygens (including phenoxy) is 5. The van der Waals surface area contributed by atoms with E-state index >= 15 is 0 Å². The standard InChI is InChI=1S/C30H40BrN3O10S.C25H32BrN3O8S.ClH/c1-6-19-16-30(19,27(37)41-5)33-25(35)23-15-21(44-45(39,40)22-9-7-20(31)8-10-22)17-34(23)26(36)24(18-11-13-42-14-12-18)32-28(38)43-29(2,3)4;1-3-16-13-25(16,24(32)35-2)28-22(30)20-12-18(37-38(33,34)19-6-4-17(26)5-7-19)14-29(20)23(31)21(27)15-8-10-36-11-9-15;/h6-10,18-19,21,23-24H,1,11-17H2,2-5H3,(H,32,38)(H,33,35);3-7,15-16,18,20-21H,1,8-14,27H2,2H3,(H,28,30);1H/t19-,21+,23+,24+,30-;16-,18+,20+,21+,25-;/m11./s1. The van der Waals surface area contributed by atoms with E-state index in [9.17, 15) is 50.4 Å². The van der Waals surface area contributed by atoms with Crippen LogP contribution in [0.3, 0.4) is 0 Å². The zero-order valence-corrected chi connectivity index (χ0v) is 52.8. The molecular weight excluding hydrogens is 1290 g/mol. The van der Waals surface area contributed by atoms with Gasteiger partial charge in [-0.3, -0.25) is 27.5 Å². The third kappa shape index (κ3) is 16.1. The summed E-state index contributed by atoms with van der Waals surface area (Å²) < 4.78 is 90.7. The van der Waals surface area contributed by atoms with Gasteiger partial charge in [-0.15, -0.1) is 25.6 Å². The zero-order valence-electron chi connectivity index (χ0n) is 47.2. The molecule has 0 aromatic heterocycles. The van der Waals surface area contributed by atoms with E-state index in [1.54, 1.807) is 51.1 Å². The number of methoxy groups -OCH3 is 2. The minimum Gasteiger partial charge on any atom is -0.467 e. The van der Waals surface area contributed by atoms with Crippen molar-refractivity contribution in [3.05, 3.63) is 82.8 Å². The molecule has 84 heavy (non-hydrogen) atoms. The maximum atomic E-state index is 14.3. The number of hydrogen-bond acceptors (Lipinski definition) is 19. The molecular formula is C55H73Br2ClN6O18S2. The summed E-state index contributed by atoms with van der Waals surface area (Å²) >= 11 is 6.54. The molecule has 6 fully saturated rings. The second kappa shape index (κ2) is 28.2. The quantitative estimate of drug-likeness (QED) is 0.0662. The second-order valence-corrected chi connectivity index (χ2v) is 27.3. The van der Waals surface area contributed by atoms with Gasteiger partial charge in [0.15, 0.2) is 0 Å². The first-order valence-electron chi connectivity index (χ1n) is 27.1. The summed E-state index contributed by atoms with van der Waals surface area (Å²) in [5.74, 6) is -4.84. The van der Waals surface area contributed by atoms with Crippen LogP contribution in [-0.4, -0.2) is 175 Å². The van der Waals surface area contributed by atoms with Gasteiger partial charge < -0.3 is 55.2 Å². The Balaban J connectivity index is 0.000000270. The predicted molar refractivity (Wildman–Crippen MR) is 310 cm³/mol. The molecule has 4 heterocycles. The molecule has 464 valence electrons. The maximum absolute atomic E-state index is 14.3. The molecule has 8 rings (SSSR count). The monoisotopic (exact) mass is 1360 g/mol. The SMILES string of the molecule is C=C[C@@H]1C[C@]1(NC(=O)[C@@H]1C[C@H](OS(=O)(=O)c2ccc(Br)cc2)CN1C(=O)[C@@H](N)C1CCOCC1)C(=O)OC.C=C[C@@H]1C[C@]1(NC(=O)[C@@H]1C[C@H](OS(=O)(=O)c2ccc(Br)cc2)CN1C(=O)[C@@H](NC(=O)OC(C)(C)C)C1CCOCC1)C(=O)OC.Cl. The number of nitrogens with one attached hydrogen (secondary N) is 3. The molecule has 2 saturated carbocycles. The fourth-order valence-electron chi connectivity index (χ4n) is 10.9. The van der Waals surface area contributed by atoms with E-state index in [0.717, 1.165) is 0 Å². The fourth-order valence-corrected chi connectivity index (χ4v) is 13.6. The minimum atomic E-state index is -4.28. The highest BCUT2D eigenvalue weighted by Gasteiger charge is 2.63. The van der Waals surface area contributed by atoms with Crippen LogP contribution in [0, 0.1) is 23.7 Å². The van der Waals surface area contributed by atoms with Gasteiger partial charge in [0.05, 0.1) is 42.3 Å². The number of halogens is 3. The molecule has 29 heteroatoms. The zero-order chi connectivity index (χ0) is 60.8. The van der Waals surface area contributed by atoms with Crippen LogP contribution in [0.1, 0.15) is 72.1 Å². The Morgan fingerprint density at radius 1 is 0.667 bits per heavy atom. The highest BCUT2D eigenvalue weighted by molar-refractivity contribution is 9.10. The van der Waals surface area contributed by atoms with Crippen molar-refractivity contribution < 1.29 is 82.4 Å². The number of likely N-dealkylation sites (tertiary alicyclic amines) is 2. The van der Waals surface area contributed by atoms with Crippen LogP contribution in [0.15, 0.2) is 92.6 Å². The third-order valence-electron chi connectivity index (χ3n) is 15.6. The van der Waals surface area contributed by atoms with Gasteiger partial charge >= 0.3 is 18.0 Å². The summed E-state index contributed by atoms with van der Waals surface area (Å²) in [5.41, 5.74) is 2.88. The van der Waals surface area contributed by atoms with E-state index in [0.29, 0.717) is 67.5 Å². The second-order valence-electron chi connectivity index (χ2n) is 22.3. The van der Waals surface area contributed by atoms with Gasteiger partial charge in [-0.2, -0.15) is 16.8 Å². The minimum absolute atomic E-state index is 0. The summed E-state index contributed by atoms with van der Waals surface area (Å²) in [7, 11) is -6.02. The normalized spacial score (nSPS) is 26.8. The van der Waals surface area contributed by atoms with Gasteiger partial charge in [-0.1, -0.05) is 44.0 Å².